The van der Waals surface area contributed by atoms with Crippen molar-refractivity contribution in [3.8, 4) is 0 Å². The molecule has 7 nitrogen and oxygen atoms in total. The highest BCUT2D eigenvalue weighted by atomic mass is 127. The Morgan fingerprint density at radius 1 is 0.935 bits per heavy atom. The molecule has 0 radical (unpaired) electrons. The minimum absolute atomic E-state index is 0.222. The van der Waals surface area contributed by atoms with Crippen LogP contribution in [-0.4, -0.2) is 35.7 Å². The maximum Gasteiger partial charge on any atom is 0.407 e. The summed E-state index contributed by atoms with van der Waals surface area (Å²) in [5, 5.41) is 14.7. The van der Waals surface area contributed by atoms with Crippen molar-refractivity contribution in [1.29, 1.82) is 0 Å². The number of unbranched alkanes of at least 4 members (excludes halogenated alkanes) is 2. The third kappa shape index (κ3) is 10.3. The van der Waals surface area contributed by atoms with E-state index < -0.39 is 18.1 Å². The van der Waals surface area contributed by atoms with Crippen molar-refractivity contribution >= 4 is 40.6 Å². The van der Waals surface area contributed by atoms with Gasteiger partial charge in [0, 0.05) is 23.0 Å². The van der Waals surface area contributed by atoms with Crippen molar-refractivity contribution in [2.45, 2.75) is 44.8 Å². The van der Waals surface area contributed by atoms with Gasteiger partial charge in [-0.3, -0.25) is 4.79 Å². The Balaban J connectivity index is 1.57. The van der Waals surface area contributed by atoms with Crippen LogP contribution in [0.4, 0.5) is 4.79 Å². The fourth-order valence-corrected chi connectivity index (χ4v) is 3.23. The summed E-state index contributed by atoms with van der Waals surface area (Å²) < 4.78 is 6.19. The van der Waals surface area contributed by atoms with E-state index in [1.165, 1.54) is 0 Å². The molecule has 8 heteroatoms. The van der Waals surface area contributed by atoms with Gasteiger partial charge in [-0.25, -0.2) is 9.59 Å². The Kier molecular flexibility index (Phi) is 10.8. The number of carbonyl (C=O) groups is 3. The molecule has 1 atom stereocenters. The first-order valence-electron chi connectivity index (χ1n) is 10.1. The lowest BCUT2D eigenvalue weighted by atomic mass is 10.1. The zero-order valence-electron chi connectivity index (χ0n) is 17.2. The molecule has 0 saturated heterocycles. The van der Waals surface area contributed by atoms with Crippen LogP contribution in [0.3, 0.4) is 0 Å². The summed E-state index contributed by atoms with van der Waals surface area (Å²) in [5.74, 6) is -1.33. The van der Waals surface area contributed by atoms with Crippen molar-refractivity contribution in [2.24, 2.45) is 0 Å². The van der Waals surface area contributed by atoms with Crippen molar-refractivity contribution < 1.29 is 24.2 Å². The monoisotopic (exact) mass is 538 g/mol. The molecule has 0 aliphatic heterocycles. The van der Waals surface area contributed by atoms with Gasteiger partial charge in [-0.1, -0.05) is 48.9 Å². The number of carboxylic acid groups (broad SMARTS) is 1. The van der Waals surface area contributed by atoms with E-state index in [0.717, 1.165) is 21.1 Å². The Bertz CT molecular complexity index is 843. The molecule has 0 heterocycles. The van der Waals surface area contributed by atoms with Gasteiger partial charge in [0.2, 0.25) is 5.91 Å². The number of aliphatic carboxylic acids is 1. The van der Waals surface area contributed by atoms with Gasteiger partial charge in [-0.15, -0.1) is 0 Å². The zero-order chi connectivity index (χ0) is 22.5. The summed E-state index contributed by atoms with van der Waals surface area (Å²) in [6.07, 6.45) is 2.08. The van der Waals surface area contributed by atoms with E-state index in [2.05, 4.69) is 33.2 Å². The van der Waals surface area contributed by atoms with Crippen LogP contribution in [-0.2, 0) is 27.4 Å². The van der Waals surface area contributed by atoms with Crippen molar-refractivity contribution in [3.63, 3.8) is 0 Å². The molecular weight excluding hydrogens is 511 g/mol. The van der Waals surface area contributed by atoms with Crippen LogP contribution in [0.2, 0.25) is 0 Å². The average molecular weight is 538 g/mol. The van der Waals surface area contributed by atoms with Gasteiger partial charge in [0.1, 0.15) is 12.6 Å². The van der Waals surface area contributed by atoms with Crippen LogP contribution in [0.5, 0.6) is 0 Å². The fourth-order valence-electron chi connectivity index (χ4n) is 2.87. The maximum absolute atomic E-state index is 12.1. The number of hydrogen-bond donors (Lipinski definition) is 3. The van der Waals surface area contributed by atoms with Crippen LogP contribution in [0.25, 0.3) is 0 Å². The van der Waals surface area contributed by atoms with Crippen LogP contribution < -0.4 is 10.6 Å². The first kappa shape index (κ1) is 24.6. The molecule has 0 saturated carbocycles. The number of ether oxygens (including phenoxy) is 1. The van der Waals surface area contributed by atoms with E-state index in [9.17, 15) is 19.5 Å². The lowest BCUT2D eigenvalue weighted by Crippen LogP contribution is -2.42. The van der Waals surface area contributed by atoms with E-state index in [-0.39, 0.29) is 25.4 Å². The third-order valence-corrected chi connectivity index (χ3v) is 5.27. The van der Waals surface area contributed by atoms with Crippen LogP contribution in [0, 0.1) is 3.57 Å². The third-order valence-electron chi connectivity index (χ3n) is 4.55. The summed E-state index contributed by atoms with van der Waals surface area (Å²) in [7, 11) is 0. The largest absolute Gasteiger partial charge is 0.480 e. The first-order valence-corrected chi connectivity index (χ1v) is 11.2. The molecule has 0 aromatic heterocycles. The summed E-state index contributed by atoms with van der Waals surface area (Å²) in [6.45, 7) is 0.680. The van der Waals surface area contributed by atoms with Crippen LogP contribution in [0.1, 0.15) is 36.8 Å². The number of hydrogen-bond acceptors (Lipinski definition) is 4. The molecule has 3 N–H and O–H groups in total. The number of benzene rings is 2. The molecule has 2 aromatic carbocycles. The van der Waals surface area contributed by atoms with E-state index in [4.69, 9.17) is 4.74 Å². The number of rotatable bonds is 12. The summed E-state index contributed by atoms with van der Waals surface area (Å²) in [4.78, 5) is 35.2. The molecule has 0 fully saturated rings. The number of halogens is 1. The second-order valence-electron chi connectivity index (χ2n) is 7.09. The lowest BCUT2D eigenvalue weighted by molar-refractivity contribution is -0.141. The van der Waals surface area contributed by atoms with Crippen LogP contribution in [0.15, 0.2) is 54.6 Å². The number of alkyl carbamates (subject to hydrolysis) is 1. The van der Waals surface area contributed by atoms with Crippen molar-refractivity contribution in [3.05, 3.63) is 69.3 Å². The smallest absolute Gasteiger partial charge is 0.407 e. The fraction of sp³-hybridized carbons (Fsp3) is 0.348. The molecule has 166 valence electrons. The zero-order valence-corrected chi connectivity index (χ0v) is 19.3. The van der Waals surface area contributed by atoms with Gasteiger partial charge < -0.3 is 20.5 Å². The molecule has 2 aromatic rings. The minimum atomic E-state index is -1.05. The lowest BCUT2D eigenvalue weighted by Gasteiger charge is -2.15. The topological polar surface area (TPSA) is 105 Å². The second kappa shape index (κ2) is 13.6. The molecule has 31 heavy (non-hydrogen) atoms. The summed E-state index contributed by atoms with van der Waals surface area (Å²) in [6, 6.07) is 16.0. The normalized spacial score (nSPS) is 11.4. The summed E-state index contributed by atoms with van der Waals surface area (Å²) >= 11 is 2.18. The minimum Gasteiger partial charge on any atom is -0.480 e. The molecule has 0 aliphatic carbocycles. The molecule has 0 bridgehead atoms. The number of carbonyl (C=O) groups excluding carboxylic acids is 2. The Hall–Kier alpha value is -2.62. The predicted octanol–water partition coefficient (Wildman–Crippen LogP) is 3.89. The molecule has 2 rings (SSSR count). The molecule has 0 unspecified atom stereocenters. The Morgan fingerprint density at radius 2 is 1.65 bits per heavy atom. The predicted molar refractivity (Wildman–Crippen MR) is 126 cm³/mol. The van der Waals surface area contributed by atoms with Gasteiger partial charge in [0.05, 0.1) is 0 Å². The molecule has 0 spiro atoms. The van der Waals surface area contributed by atoms with Gasteiger partial charge in [-0.2, -0.15) is 0 Å². The highest BCUT2D eigenvalue weighted by Gasteiger charge is 2.20. The molecular formula is C23H27IN2O5. The molecule has 0 aliphatic rings. The quantitative estimate of drug-likeness (QED) is 0.281. The average Bonchev–Trinajstić information content (AvgIpc) is 2.76. The van der Waals surface area contributed by atoms with E-state index in [0.29, 0.717) is 19.4 Å². The SMILES string of the molecule is O=C(CCCCCNC(=O)OCc1ccccc1)N[C@H](Cc1ccc(I)cc1)C(=O)O. The van der Waals surface area contributed by atoms with Gasteiger partial charge in [-0.05, 0) is 58.7 Å². The number of amides is 2. The van der Waals surface area contributed by atoms with Crippen molar-refractivity contribution in [2.75, 3.05) is 6.54 Å². The highest BCUT2D eigenvalue weighted by Crippen LogP contribution is 2.09. The van der Waals surface area contributed by atoms with E-state index >= 15 is 0 Å². The van der Waals surface area contributed by atoms with Gasteiger partial charge in [0.15, 0.2) is 0 Å². The van der Waals surface area contributed by atoms with Crippen molar-refractivity contribution in [1.82, 2.24) is 10.6 Å². The highest BCUT2D eigenvalue weighted by molar-refractivity contribution is 14.1. The van der Waals surface area contributed by atoms with Gasteiger partial charge in [0.25, 0.3) is 0 Å². The first-order chi connectivity index (χ1) is 14.9. The van der Waals surface area contributed by atoms with Gasteiger partial charge >= 0.3 is 12.1 Å². The standard InChI is InChI=1S/C23H27IN2O5/c24-19-12-10-17(11-13-19)15-20(22(28)29)26-21(27)9-5-2-6-14-25-23(30)31-16-18-7-3-1-4-8-18/h1,3-4,7-8,10-13,20H,2,5-6,9,14-16H2,(H,25,30)(H,26,27)(H,28,29)/t20-/m1/s1. The summed E-state index contributed by atoms with van der Waals surface area (Å²) in [5.41, 5.74) is 1.78. The number of nitrogens with one attached hydrogen (secondary N) is 2. The number of carboxylic acids is 1. The van der Waals surface area contributed by atoms with E-state index in [1.54, 1.807) is 0 Å². The maximum atomic E-state index is 12.1. The Labute approximate surface area is 195 Å². The van der Waals surface area contributed by atoms with Crippen LogP contribution >= 0.6 is 22.6 Å². The Morgan fingerprint density at radius 3 is 2.32 bits per heavy atom. The second-order valence-corrected chi connectivity index (χ2v) is 8.33. The molecule has 2 amide bonds. The van der Waals surface area contributed by atoms with E-state index in [1.807, 2.05) is 54.6 Å².